The fraction of sp³-hybridized carbons (Fsp3) is 0.375. The third-order valence-corrected chi connectivity index (χ3v) is 3.45. The molecule has 118 valence electrons. The molecule has 0 saturated carbocycles. The highest BCUT2D eigenvalue weighted by Gasteiger charge is 2.21. The van der Waals surface area contributed by atoms with Crippen LogP contribution in [0.1, 0.15) is 5.76 Å². The summed E-state index contributed by atoms with van der Waals surface area (Å²) < 4.78 is 29.4. The number of nitrogens with zero attached hydrogens (tertiary/aromatic N) is 1. The zero-order valence-corrected chi connectivity index (χ0v) is 12.1. The quantitative estimate of drug-likeness (QED) is 0.886. The maximum Gasteiger partial charge on any atom is 0.142 e. The number of hydrogen-bond donors (Lipinski definition) is 1. The largest absolute Gasteiger partial charge is 0.490 e. The summed E-state index contributed by atoms with van der Waals surface area (Å²) in [5.41, 5.74) is 0.663. The molecule has 0 spiro atoms. The summed E-state index contributed by atoms with van der Waals surface area (Å²) in [6, 6.07) is 7.99. The van der Waals surface area contributed by atoms with Crippen LogP contribution in [0.15, 0.2) is 41.0 Å². The van der Waals surface area contributed by atoms with Crippen LogP contribution in [0, 0.1) is 5.82 Å². The molecule has 1 atom stereocenters. The highest BCUT2D eigenvalue weighted by molar-refractivity contribution is 5.60. The van der Waals surface area contributed by atoms with E-state index in [2.05, 4.69) is 0 Å². The number of aliphatic hydroxyl groups is 1. The Hall–Kier alpha value is -2.05. The van der Waals surface area contributed by atoms with Gasteiger partial charge in [-0.3, -0.25) is 0 Å². The minimum absolute atomic E-state index is 0.183. The number of rotatable bonds is 6. The second kappa shape index (κ2) is 6.81. The second-order valence-corrected chi connectivity index (χ2v) is 5.15. The standard InChI is InChI=1S/C16H18FNO4/c17-12-3-4-16-15(8-12)18(5-7-22-16)9-13(19)10-20-11-14-2-1-6-21-14/h1-4,6,8,13,19H,5,7,9-11H2. The van der Waals surface area contributed by atoms with E-state index < -0.39 is 6.10 Å². The highest BCUT2D eigenvalue weighted by Crippen LogP contribution is 2.32. The van der Waals surface area contributed by atoms with E-state index in [-0.39, 0.29) is 12.4 Å². The molecule has 2 aromatic rings. The number of benzene rings is 1. The molecule has 5 nitrogen and oxygen atoms in total. The van der Waals surface area contributed by atoms with Gasteiger partial charge >= 0.3 is 0 Å². The Morgan fingerprint density at radius 2 is 2.27 bits per heavy atom. The summed E-state index contributed by atoms with van der Waals surface area (Å²) in [5, 5.41) is 10.1. The molecule has 1 aromatic carbocycles. The maximum absolute atomic E-state index is 13.4. The van der Waals surface area contributed by atoms with Crippen molar-refractivity contribution >= 4 is 5.69 Å². The molecule has 0 radical (unpaired) electrons. The van der Waals surface area contributed by atoms with Crippen molar-refractivity contribution in [1.82, 2.24) is 0 Å². The number of fused-ring (bicyclic) bond motifs is 1. The van der Waals surface area contributed by atoms with Gasteiger partial charge in [0.15, 0.2) is 0 Å². The van der Waals surface area contributed by atoms with Gasteiger partial charge in [0.2, 0.25) is 0 Å². The number of hydrogen-bond acceptors (Lipinski definition) is 5. The van der Waals surface area contributed by atoms with Gasteiger partial charge in [0, 0.05) is 12.6 Å². The molecule has 0 saturated heterocycles. The summed E-state index contributed by atoms with van der Waals surface area (Å²) >= 11 is 0. The van der Waals surface area contributed by atoms with Crippen molar-refractivity contribution in [3.8, 4) is 5.75 Å². The lowest BCUT2D eigenvalue weighted by Crippen LogP contribution is -2.40. The molecular weight excluding hydrogens is 289 g/mol. The van der Waals surface area contributed by atoms with Crippen LogP contribution < -0.4 is 9.64 Å². The van der Waals surface area contributed by atoms with Gasteiger partial charge in [0.25, 0.3) is 0 Å². The van der Waals surface area contributed by atoms with Gasteiger partial charge in [-0.2, -0.15) is 0 Å². The molecule has 22 heavy (non-hydrogen) atoms. The van der Waals surface area contributed by atoms with Crippen molar-refractivity contribution in [2.75, 3.05) is 31.2 Å². The van der Waals surface area contributed by atoms with Crippen LogP contribution in [0.4, 0.5) is 10.1 Å². The van der Waals surface area contributed by atoms with Crippen molar-refractivity contribution in [2.24, 2.45) is 0 Å². The Labute approximate surface area is 127 Å². The zero-order chi connectivity index (χ0) is 15.4. The molecule has 1 aromatic heterocycles. The number of furan rings is 1. The van der Waals surface area contributed by atoms with E-state index in [1.807, 2.05) is 11.0 Å². The SMILES string of the molecule is OC(COCc1ccco1)CN1CCOc2ccc(F)cc21. The third-order valence-electron chi connectivity index (χ3n) is 3.45. The average Bonchev–Trinajstić information content (AvgIpc) is 3.01. The van der Waals surface area contributed by atoms with E-state index in [0.29, 0.717) is 43.5 Å². The number of ether oxygens (including phenoxy) is 2. The van der Waals surface area contributed by atoms with Gasteiger partial charge in [0.05, 0.1) is 31.2 Å². The highest BCUT2D eigenvalue weighted by atomic mass is 19.1. The van der Waals surface area contributed by atoms with Crippen LogP contribution in [0.25, 0.3) is 0 Å². The molecule has 3 rings (SSSR count). The Morgan fingerprint density at radius 1 is 1.36 bits per heavy atom. The van der Waals surface area contributed by atoms with Crippen LogP contribution in [0.3, 0.4) is 0 Å². The lowest BCUT2D eigenvalue weighted by atomic mass is 10.2. The summed E-state index contributed by atoms with van der Waals surface area (Å²) in [4.78, 5) is 1.91. The molecule has 1 unspecified atom stereocenters. The van der Waals surface area contributed by atoms with Gasteiger partial charge < -0.3 is 23.9 Å². The van der Waals surface area contributed by atoms with E-state index in [0.717, 1.165) is 0 Å². The summed E-state index contributed by atoms with van der Waals surface area (Å²) in [6.07, 6.45) is 0.901. The Balaban J connectivity index is 1.53. The normalized spacial score (nSPS) is 15.3. The van der Waals surface area contributed by atoms with Crippen LogP contribution in [-0.4, -0.2) is 37.5 Å². The summed E-state index contributed by atoms with van der Waals surface area (Å²) in [5.74, 6) is 1.03. The number of halogens is 1. The first kappa shape index (κ1) is 14.9. The minimum atomic E-state index is -0.677. The third kappa shape index (κ3) is 3.58. The van der Waals surface area contributed by atoms with Crippen molar-refractivity contribution in [3.05, 3.63) is 48.2 Å². The average molecular weight is 307 g/mol. The Bertz CT molecular complexity index is 602. The Morgan fingerprint density at radius 3 is 3.09 bits per heavy atom. The van der Waals surface area contributed by atoms with E-state index >= 15 is 0 Å². The molecular formula is C16H18FNO4. The van der Waals surface area contributed by atoms with Crippen molar-refractivity contribution in [2.45, 2.75) is 12.7 Å². The lowest BCUT2D eigenvalue weighted by molar-refractivity contribution is 0.0251. The van der Waals surface area contributed by atoms with Crippen LogP contribution in [-0.2, 0) is 11.3 Å². The first-order chi connectivity index (χ1) is 10.7. The molecule has 0 aliphatic carbocycles. The number of aliphatic hydroxyl groups excluding tert-OH is 1. The molecule has 0 fully saturated rings. The first-order valence-corrected chi connectivity index (χ1v) is 7.18. The number of β-amino-alcohol motifs (C(OH)–C–C–N with tert-alkyl or cyclic N) is 1. The molecule has 0 bridgehead atoms. The Kier molecular flexibility index (Phi) is 4.60. The predicted molar refractivity (Wildman–Crippen MR) is 78.5 cm³/mol. The van der Waals surface area contributed by atoms with E-state index in [1.165, 1.54) is 12.1 Å². The van der Waals surface area contributed by atoms with Crippen LogP contribution in [0.5, 0.6) is 5.75 Å². The fourth-order valence-corrected chi connectivity index (χ4v) is 2.43. The van der Waals surface area contributed by atoms with Gasteiger partial charge in [-0.15, -0.1) is 0 Å². The molecule has 2 heterocycles. The van der Waals surface area contributed by atoms with E-state index in [9.17, 15) is 9.50 Å². The lowest BCUT2D eigenvalue weighted by Gasteiger charge is -2.32. The topological polar surface area (TPSA) is 55.1 Å². The molecule has 1 aliphatic heterocycles. The molecule has 0 amide bonds. The summed E-state index contributed by atoms with van der Waals surface area (Å²) in [7, 11) is 0. The van der Waals surface area contributed by atoms with Crippen molar-refractivity contribution in [3.63, 3.8) is 0 Å². The maximum atomic E-state index is 13.4. The molecule has 1 N–H and O–H groups in total. The minimum Gasteiger partial charge on any atom is -0.490 e. The van der Waals surface area contributed by atoms with Gasteiger partial charge in [-0.1, -0.05) is 0 Å². The predicted octanol–water partition coefficient (Wildman–Crippen LogP) is 2.20. The second-order valence-electron chi connectivity index (χ2n) is 5.15. The summed E-state index contributed by atoms with van der Waals surface area (Å²) in [6.45, 7) is 1.98. The van der Waals surface area contributed by atoms with Gasteiger partial charge in [-0.25, -0.2) is 4.39 Å². The van der Waals surface area contributed by atoms with Crippen molar-refractivity contribution in [1.29, 1.82) is 0 Å². The molecule has 6 heteroatoms. The fourth-order valence-electron chi connectivity index (χ4n) is 2.43. The van der Waals surface area contributed by atoms with E-state index in [4.69, 9.17) is 13.9 Å². The first-order valence-electron chi connectivity index (χ1n) is 7.18. The van der Waals surface area contributed by atoms with Crippen LogP contribution >= 0.6 is 0 Å². The van der Waals surface area contributed by atoms with E-state index in [1.54, 1.807) is 18.4 Å². The van der Waals surface area contributed by atoms with Crippen molar-refractivity contribution < 1.29 is 23.4 Å². The van der Waals surface area contributed by atoms with Crippen LogP contribution in [0.2, 0.25) is 0 Å². The number of anilines is 1. The molecule has 1 aliphatic rings. The van der Waals surface area contributed by atoms with Gasteiger partial charge in [0.1, 0.15) is 30.5 Å². The monoisotopic (exact) mass is 307 g/mol. The smallest absolute Gasteiger partial charge is 0.142 e. The zero-order valence-electron chi connectivity index (χ0n) is 12.1. The van der Waals surface area contributed by atoms with Gasteiger partial charge in [-0.05, 0) is 24.3 Å².